The van der Waals surface area contributed by atoms with Gasteiger partial charge in [-0.15, -0.1) is 0 Å². The van der Waals surface area contributed by atoms with Crippen molar-refractivity contribution in [2.45, 2.75) is 13.8 Å². The van der Waals surface area contributed by atoms with Crippen molar-refractivity contribution in [1.29, 1.82) is 0 Å². The molecule has 0 spiro atoms. The van der Waals surface area contributed by atoms with Gasteiger partial charge in [0.05, 0.1) is 13.7 Å². The Hall–Kier alpha value is -2.49. The average molecular weight is 299 g/mol. The Morgan fingerprint density at radius 3 is 2.50 bits per heavy atom. The molecule has 0 aromatic heterocycles. The van der Waals surface area contributed by atoms with Gasteiger partial charge in [-0.1, -0.05) is 29.8 Å². The van der Waals surface area contributed by atoms with Gasteiger partial charge in [0.25, 0.3) is 5.91 Å². The lowest BCUT2D eigenvalue weighted by Crippen LogP contribution is -2.28. The van der Waals surface area contributed by atoms with E-state index in [-0.39, 0.29) is 5.91 Å². The molecule has 4 heteroatoms. The standard InChI is InChI=1S/C18H21NO3/c1-13-8-9-15(14(2)12-13)18(20)19-10-11-22-17-7-5-4-6-16(17)21-3/h4-9,12H,10-11H2,1-3H3,(H,19,20). The lowest BCUT2D eigenvalue weighted by atomic mass is 10.1. The summed E-state index contributed by atoms with van der Waals surface area (Å²) in [4.78, 5) is 12.1. The topological polar surface area (TPSA) is 47.6 Å². The number of hydrogen-bond acceptors (Lipinski definition) is 3. The third kappa shape index (κ3) is 4.01. The van der Waals surface area contributed by atoms with Gasteiger partial charge in [0.2, 0.25) is 0 Å². The number of para-hydroxylation sites is 2. The molecule has 0 saturated carbocycles. The molecule has 0 heterocycles. The Balaban J connectivity index is 1.85. The van der Waals surface area contributed by atoms with Crippen LogP contribution < -0.4 is 14.8 Å². The van der Waals surface area contributed by atoms with Crippen molar-refractivity contribution in [3.05, 3.63) is 59.2 Å². The van der Waals surface area contributed by atoms with Crippen LogP contribution in [0, 0.1) is 13.8 Å². The molecule has 0 atom stereocenters. The fraction of sp³-hybridized carbons (Fsp3) is 0.278. The molecule has 22 heavy (non-hydrogen) atoms. The number of benzene rings is 2. The number of nitrogens with one attached hydrogen (secondary N) is 1. The van der Waals surface area contributed by atoms with Gasteiger partial charge in [0, 0.05) is 5.56 Å². The van der Waals surface area contributed by atoms with Crippen molar-refractivity contribution in [3.8, 4) is 11.5 Å². The maximum Gasteiger partial charge on any atom is 0.251 e. The number of carbonyl (C=O) groups excluding carboxylic acids is 1. The minimum atomic E-state index is -0.0823. The number of aryl methyl sites for hydroxylation is 2. The summed E-state index contributed by atoms with van der Waals surface area (Å²) in [5.74, 6) is 1.27. The van der Waals surface area contributed by atoms with Crippen LogP contribution in [0.25, 0.3) is 0 Å². The molecule has 0 aliphatic heterocycles. The van der Waals surface area contributed by atoms with E-state index in [0.717, 1.165) is 11.1 Å². The summed E-state index contributed by atoms with van der Waals surface area (Å²) in [6.07, 6.45) is 0. The molecular weight excluding hydrogens is 278 g/mol. The summed E-state index contributed by atoms with van der Waals surface area (Å²) in [7, 11) is 1.60. The second kappa shape index (κ2) is 7.50. The molecule has 0 saturated heterocycles. The van der Waals surface area contributed by atoms with Crippen molar-refractivity contribution in [3.63, 3.8) is 0 Å². The molecule has 2 aromatic carbocycles. The van der Waals surface area contributed by atoms with Crippen LogP contribution >= 0.6 is 0 Å². The third-order valence-electron chi connectivity index (χ3n) is 3.34. The van der Waals surface area contributed by atoms with Crippen LogP contribution in [-0.2, 0) is 0 Å². The Bertz CT molecular complexity index is 653. The maximum absolute atomic E-state index is 12.1. The van der Waals surface area contributed by atoms with Crippen LogP contribution in [0.1, 0.15) is 21.5 Å². The van der Waals surface area contributed by atoms with Crippen molar-refractivity contribution in [2.75, 3.05) is 20.3 Å². The number of methoxy groups -OCH3 is 1. The molecule has 1 N–H and O–H groups in total. The van der Waals surface area contributed by atoms with Crippen molar-refractivity contribution >= 4 is 5.91 Å². The molecule has 2 rings (SSSR count). The van der Waals surface area contributed by atoms with E-state index in [4.69, 9.17) is 9.47 Å². The van der Waals surface area contributed by atoms with Crippen LogP contribution in [0.5, 0.6) is 11.5 Å². The van der Waals surface area contributed by atoms with E-state index in [1.165, 1.54) is 0 Å². The number of amides is 1. The second-order valence-electron chi connectivity index (χ2n) is 5.07. The van der Waals surface area contributed by atoms with Crippen molar-refractivity contribution in [2.24, 2.45) is 0 Å². The molecule has 0 bridgehead atoms. The van der Waals surface area contributed by atoms with E-state index < -0.39 is 0 Å². The van der Waals surface area contributed by atoms with Gasteiger partial charge in [-0.3, -0.25) is 4.79 Å². The molecule has 2 aromatic rings. The lowest BCUT2D eigenvalue weighted by Gasteiger charge is -2.11. The predicted molar refractivity (Wildman–Crippen MR) is 86.7 cm³/mol. The van der Waals surface area contributed by atoms with E-state index in [1.54, 1.807) is 7.11 Å². The van der Waals surface area contributed by atoms with E-state index in [9.17, 15) is 4.79 Å². The monoisotopic (exact) mass is 299 g/mol. The van der Waals surface area contributed by atoms with Gasteiger partial charge in [0.15, 0.2) is 11.5 Å². The average Bonchev–Trinajstić information content (AvgIpc) is 2.51. The first-order valence-corrected chi connectivity index (χ1v) is 7.23. The first-order chi connectivity index (χ1) is 10.6. The van der Waals surface area contributed by atoms with E-state index in [2.05, 4.69) is 5.32 Å². The van der Waals surface area contributed by atoms with Crippen LogP contribution in [0.4, 0.5) is 0 Å². The summed E-state index contributed by atoms with van der Waals surface area (Å²) >= 11 is 0. The normalized spacial score (nSPS) is 10.1. The van der Waals surface area contributed by atoms with Gasteiger partial charge in [-0.2, -0.15) is 0 Å². The van der Waals surface area contributed by atoms with E-state index in [0.29, 0.717) is 30.2 Å². The van der Waals surface area contributed by atoms with Crippen molar-refractivity contribution < 1.29 is 14.3 Å². The molecule has 116 valence electrons. The Morgan fingerprint density at radius 1 is 1.09 bits per heavy atom. The summed E-state index contributed by atoms with van der Waals surface area (Å²) < 4.78 is 10.8. The Morgan fingerprint density at radius 2 is 1.82 bits per heavy atom. The second-order valence-corrected chi connectivity index (χ2v) is 5.07. The number of rotatable bonds is 6. The predicted octanol–water partition coefficient (Wildman–Crippen LogP) is 3.12. The third-order valence-corrected chi connectivity index (χ3v) is 3.34. The molecule has 4 nitrogen and oxygen atoms in total. The van der Waals surface area contributed by atoms with Crippen molar-refractivity contribution in [1.82, 2.24) is 5.32 Å². The van der Waals surface area contributed by atoms with Gasteiger partial charge >= 0.3 is 0 Å². The van der Waals surface area contributed by atoms with Crippen LogP contribution in [0.2, 0.25) is 0 Å². The highest BCUT2D eigenvalue weighted by Gasteiger charge is 2.08. The smallest absolute Gasteiger partial charge is 0.251 e. The SMILES string of the molecule is COc1ccccc1OCCNC(=O)c1ccc(C)cc1C. The molecule has 0 aliphatic carbocycles. The van der Waals surface area contributed by atoms with Crippen LogP contribution in [0.15, 0.2) is 42.5 Å². The van der Waals surface area contributed by atoms with Gasteiger partial charge < -0.3 is 14.8 Å². The Kier molecular flexibility index (Phi) is 5.42. The molecule has 0 unspecified atom stereocenters. The summed E-state index contributed by atoms with van der Waals surface area (Å²) in [6, 6.07) is 13.2. The summed E-state index contributed by atoms with van der Waals surface area (Å²) in [6.45, 7) is 4.77. The fourth-order valence-electron chi connectivity index (χ4n) is 2.23. The number of hydrogen-bond donors (Lipinski definition) is 1. The minimum absolute atomic E-state index is 0.0823. The molecule has 0 radical (unpaired) electrons. The van der Waals surface area contributed by atoms with Crippen LogP contribution in [-0.4, -0.2) is 26.2 Å². The highest BCUT2D eigenvalue weighted by molar-refractivity contribution is 5.95. The molecular formula is C18H21NO3. The quantitative estimate of drug-likeness (QED) is 0.834. The van der Waals surface area contributed by atoms with Gasteiger partial charge in [-0.25, -0.2) is 0 Å². The zero-order chi connectivity index (χ0) is 15.9. The zero-order valence-corrected chi connectivity index (χ0v) is 13.2. The maximum atomic E-state index is 12.1. The summed E-state index contributed by atoms with van der Waals surface area (Å²) in [5.41, 5.74) is 2.82. The minimum Gasteiger partial charge on any atom is -0.493 e. The summed E-state index contributed by atoms with van der Waals surface area (Å²) in [5, 5.41) is 2.86. The Labute approximate surface area is 131 Å². The molecule has 1 amide bonds. The fourth-order valence-corrected chi connectivity index (χ4v) is 2.23. The first kappa shape index (κ1) is 15.9. The highest BCUT2D eigenvalue weighted by Crippen LogP contribution is 2.25. The van der Waals surface area contributed by atoms with Crippen LogP contribution in [0.3, 0.4) is 0 Å². The largest absolute Gasteiger partial charge is 0.493 e. The van der Waals surface area contributed by atoms with Gasteiger partial charge in [0.1, 0.15) is 6.61 Å². The number of carbonyl (C=O) groups is 1. The molecule has 0 aliphatic rings. The van der Waals surface area contributed by atoms with E-state index in [1.807, 2.05) is 56.3 Å². The molecule has 0 fully saturated rings. The van der Waals surface area contributed by atoms with E-state index >= 15 is 0 Å². The number of ether oxygens (including phenoxy) is 2. The first-order valence-electron chi connectivity index (χ1n) is 7.23. The highest BCUT2D eigenvalue weighted by atomic mass is 16.5. The van der Waals surface area contributed by atoms with Gasteiger partial charge in [-0.05, 0) is 37.6 Å². The lowest BCUT2D eigenvalue weighted by molar-refractivity contribution is 0.0946. The zero-order valence-electron chi connectivity index (χ0n) is 13.2.